The first-order chi connectivity index (χ1) is 7.29. The van der Waals surface area contributed by atoms with Crippen LogP contribution in [0, 0.1) is 0 Å². The molecule has 1 rings (SSSR count). The van der Waals surface area contributed by atoms with Crippen molar-refractivity contribution in [2.75, 3.05) is 12.0 Å². The maximum Gasteiger partial charge on any atom is 0.147 e. The van der Waals surface area contributed by atoms with Crippen molar-refractivity contribution in [1.29, 1.82) is 0 Å². The van der Waals surface area contributed by atoms with E-state index in [1.54, 1.807) is 6.07 Å². The van der Waals surface area contributed by atoms with Gasteiger partial charge < -0.3 is 5.11 Å². The van der Waals surface area contributed by atoms with Crippen molar-refractivity contribution in [3.63, 3.8) is 0 Å². The zero-order chi connectivity index (χ0) is 12.3. The largest absolute Gasteiger partial charge is 0.388 e. The van der Waals surface area contributed by atoms with Crippen LogP contribution in [-0.2, 0) is 9.84 Å². The summed E-state index contributed by atoms with van der Waals surface area (Å²) in [5.41, 5.74) is 0. The number of aliphatic hydroxyl groups is 1. The Morgan fingerprint density at radius 3 is 2.69 bits per heavy atom. The molecule has 1 aromatic heterocycles. The van der Waals surface area contributed by atoms with Gasteiger partial charge in [-0.3, -0.25) is 0 Å². The summed E-state index contributed by atoms with van der Waals surface area (Å²) >= 11 is 10.4. The van der Waals surface area contributed by atoms with Gasteiger partial charge in [0, 0.05) is 21.4 Å². The fourth-order valence-corrected chi connectivity index (χ4v) is 3.66. The minimum atomic E-state index is -2.95. The SMILES string of the molecule is CS(=O)(=O)CCCC(O)c1cc(Br)c(Cl)s1. The van der Waals surface area contributed by atoms with Gasteiger partial charge >= 0.3 is 0 Å². The molecule has 7 heteroatoms. The third kappa shape index (κ3) is 4.71. The number of thiophene rings is 1. The van der Waals surface area contributed by atoms with E-state index in [-0.39, 0.29) is 5.75 Å². The molecule has 1 aromatic rings. The van der Waals surface area contributed by atoms with Crippen molar-refractivity contribution in [3.05, 3.63) is 19.8 Å². The van der Waals surface area contributed by atoms with Crippen molar-refractivity contribution in [3.8, 4) is 0 Å². The summed E-state index contributed by atoms with van der Waals surface area (Å²) < 4.78 is 23.2. The van der Waals surface area contributed by atoms with Crippen LogP contribution in [-0.4, -0.2) is 25.5 Å². The third-order valence-electron chi connectivity index (χ3n) is 1.99. The monoisotopic (exact) mass is 346 g/mol. The molecule has 0 saturated carbocycles. The van der Waals surface area contributed by atoms with E-state index in [1.807, 2.05) is 0 Å². The average Bonchev–Trinajstić information content (AvgIpc) is 2.45. The molecule has 0 saturated heterocycles. The van der Waals surface area contributed by atoms with Crippen molar-refractivity contribution >= 4 is 48.7 Å². The summed E-state index contributed by atoms with van der Waals surface area (Å²) in [6.45, 7) is 0. The van der Waals surface area contributed by atoms with E-state index in [1.165, 1.54) is 17.6 Å². The Kier molecular flexibility index (Phi) is 5.25. The summed E-state index contributed by atoms with van der Waals surface area (Å²) in [6, 6.07) is 1.76. The lowest BCUT2D eigenvalue weighted by Crippen LogP contribution is -2.05. The van der Waals surface area contributed by atoms with Crippen LogP contribution in [0.2, 0.25) is 4.34 Å². The van der Waals surface area contributed by atoms with Crippen LogP contribution in [0.1, 0.15) is 23.8 Å². The molecular formula is C9H12BrClO3S2. The smallest absolute Gasteiger partial charge is 0.147 e. The number of hydrogen-bond donors (Lipinski definition) is 1. The summed E-state index contributed by atoms with van der Waals surface area (Å²) in [6.07, 6.45) is 1.43. The molecule has 0 aliphatic rings. The van der Waals surface area contributed by atoms with Gasteiger partial charge in [0.15, 0.2) is 0 Å². The van der Waals surface area contributed by atoms with E-state index < -0.39 is 15.9 Å². The fraction of sp³-hybridized carbons (Fsp3) is 0.556. The number of aliphatic hydroxyl groups excluding tert-OH is 1. The first-order valence-electron chi connectivity index (χ1n) is 4.60. The average molecular weight is 348 g/mol. The lowest BCUT2D eigenvalue weighted by Gasteiger charge is -2.06. The summed E-state index contributed by atoms with van der Waals surface area (Å²) in [5.74, 6) is 0.102. The quantitative estimate of drug-likeness (QED) is 0.891. The van der Waals surface area contributed by atoms with Crippen LogP contribution in [0.5, 0.6) is 0 Å². The first-order valence-corrected chi connectivity index (χ1v) is 8.65. The highest BCUT2D eigenvalue weighted by Gasteiger charge is 2.14. The van der Waals surface area contributed by atoms with Crippen LogP contribution in [0.25, 0.3) is 0 Å². The third-order valence-corrected chi connectivity index (χ3v) is 5.59. The lowest BCUT2D eigenvalue weighted by atomic mass is 10.2. The molecule has 0 bridgehead atoms. The van der Waals surface area contributed by atoms with Crippen molar-refractivity contribution in [2.24, 2.45) is 0 Å². The van der Waals surface area contributed by atoms with Gasteiger partial charge in [-0.2, -0.15) is 0 Å². The minimum absolute atomic E-state index is 0.102. The number of rotatable bonds is 5. The second-order valence-corrected chi connectivity index (χ2v) is 8.36. The summed E-state index contributed by atoms with van der Waals surface area (Å²) in [4.78, 5) is 0.755. The second kappa shape index (κ2) is 5.82. The van der Waals surface area contributed by atoms with Crippen LogP contribution in [0.3, 0.4) is 0 Å². The molecule has 1 unspecified atom stereocenters. The molecule has 1 N–H and O–H groups in total. The van der Waals surface area contributed by atoms with Crippen molar-refractivity contribution in [2.45, 2.75) is 18.9 Å². The Labute approximate surface area is 112 Å². The number of halogens is 2. The van der Waals surface area contributed by atoms with E-state index >= 15 is 0 Å². The first kappa shape index (κ1) is 14.4. The standard InChI is InChI=1S/C9H12BrClO3S2/c1-16(13,14)4-2-3-7(12)8-5-6(10)9(11)15-8/h5,7,12H,2-4H2,1H3. The molecule has 16 heavy (non-hydrogen) atoms. The number of hydrogen-bond acceptors (Lipinski definition) is 4. The number of sulfone groups is 1. The highest BCUT2D eigenvalue weighted by Crippen LogP contribution is 2.36. The molecule has 0 aromatic carbocycles. The molecule has 0 amide bonds. The molecule has 1 atom stereocenters. The predicted molar refractivity (Wildman–Crippen MR) is 70.9 cm³/mol. The van der Waals surface area contributed by atoms with Crippen LogP contribution in [0.15, 0.2) is 10.5 Å². The zero-order valence-electron chi connectivity index (χ0n) is 8.61. The molecule has 3 nitrogen and oxygen atoms in total. The van der Waals surface area contributed by atoms with Gasteiger partial charge in [0.25, 0.3) is 0 Å². The van der Waals surface area contributed by atoms with Gasteiger partial charge in [0.2, 0.25) is 0 Å². The summed E-state index contributed by atoms with van der Waals surface area (Å²) in [5, 5.41) is 9.79. The second-order valence-electron chi connectivity index (χ2n) is 3.56. The van der Waals surface area contributed by atoms with Crippen molar-refractivity contribution < 1.29 is 13.5 Å². The Morgan fingerprint density at radius 2 is 2.25 bits per heavy atom. The van der Waals surface area contributed by atoms with Gasteiger partial charge in [-0.1, -0.05) is 11.6 Å². The van der Waals surface area contributed by atoms with E-state index in [2.05, 4.69) is 15.9 Å². The molecular weight excluding hydrogens is 336 g/mol. The molecule has 1 heterocycles. The maximum atomic E-state index is 10.9. The van der Waals surface area contributed by atoms with Gasteiger partial charge in [-0.25, -0.2) is 8.42 Å². The molecule has 0 aliphatic carbocycles. The van der Waals surface area contributed by atoms with Gasteiger partial charge in [0.05, 0.1) is 6.10 Å². The van der Waals surface area contributed by atoms with Crippen LogP contribution in [0.4, 0.5) is 0 Å². The Hall–Kier alpha value is 0.380. The van der Waals surface area contributed by atoms with E-state index in [4.69, 9.17) is 11.6 Å². The lowest BCUT2D eigenvalue weighted by molar-refractivity contribution is 0.170. The maximum absolute atomic E-state index is 10.9. The highest BCUT2D eigenvalue weighted by molar-refractivity contribution is 9.10. The van der Waals surface area contributed by atoms with Crippen LogP contribution >= 0.6 is 38.9 Å². The van der Waals surface area contributed by atoms with E-state index in [9.17, 15) is 13.5 Å². The molecule has 0 radical (unpaired) electrons. The van der Waals surface area contributed by atoms with Crippen LogP contribution < -0.4 is 0 Å². The fourth-order valence-electron chi connectivity index (χ4n) is 1.21. The minimum Gasteiger partial charge on any atom is -0.388 e. The Balaban J connectivity index is 2.50. The topological polar surface area (TPSA) is 54.4 Å². The van der Waals surface area contributed by atoms with Gasteiger partial charge in [-0.05, 0) is 34.8 Å². The zero-order valence-corrected chi connectivity index (χ0v) is 12.6. The predicted octanol–water partition coefficient (Wildman–Crippen LogP) is 3.02. The van der Waals surface area contributed by atoms with E-state index in [0.717, 1.165) is 9.35 Å². The Morgan fingerprint density at radius 1 is 1.62 bits per heavy atom. The van der Waals surface area contributed by atoms with Gasteiger partial charge in [-0.15, -0.1) is 11.3 Å². The molecule has 0 aliphatic heterocycles. The molecule has 0 spiro atoms. The van der Waals surface area contributed by atoms with Gasteiger partial charge in [0.1, 0.15) is 14.2 Å². The highest BCUT2D eigenvalue weighted by atomic mass is 79.9. The molecule has 92 valence electrons. The van der Waals surface area contributed by atoms with E-state index in [0.29, 0.717) is 17.2 Å². The summed E-state index contributed by atoms with van der Waals surface area (Å²) in [7, 11) is -2.95. The molecule has 0 fully saturated rings. The van der Waals surface area contributed by atoms with Crippen molar-refractivity contribution in [1.82, 2.24) is 0 Å². The Bertz CT molecular complexity index is 436. The normalized spacial score (nSPS) is 14.0.